The van der Waals surface area contributed by atoms with Gasteiger partial charge in [0.05, 0.1) is 6.54 Å². The molecule has 3 N–H and O–H groups in total. The maximum absolute atomic E-state index is 12.2. The molecule has 6 heteroatoms. The average molecular weight is 344 g/mol. The van der Waals surface area contributed by atoms with E-state index in [4.69, 9.17) is 0 Å². The van der Waals surface area contributed by atoms with Crippen LogP contribution in [0.15, 0.2) is 42.7 Å². The summed E-state index contributed by atoms with van der Waals surface area (Å²) in [6, 6.07) is 9.40. The van der Waals surface area contributed by atoms with Gasteiger partial charge in [0.25, 0.3) is 0 Å². The Bertz CT molecular complexity index is 651. The van der Waals surface area contributed by atoms with E-state index in [1.165, 1.54) is 0 Å². The molecule has 0 aliphatic heterocycles. The number of aromatic nitrogens is 2. The van der Waals surface area contributed by atoms with Crippen molar-refractivity contribution in [2.75, 3.05) is 18.5 Å². The predicted molar refractivity (Wildman–Crippen MR) is 99.5 cm³/mol. The first-order chi connectivity index (χ1) is 12.1. The van der Waals surface area contributed by atoms with Crippen LogP contribution in [0.3, 0.4) is 0 Å². The molecule has 1 aromatic heterocycles. The van der Waals surface area contributed by atoms with Gasteiger partial charge in [0.1, 0.15) is 0 Å². The molecule has 136 valence electrons. The van der Waals surface area contributed by atoms with E-state index in [0.717, 1.165) is 24.1 Å². The van der Waals surface area contributed by atoms with Crippen LogP contribution in [0.25, 0.3) is 0 Å². The molecule has 2 aromatic rings. The number of aliphatic hydroxyl groups excluding tert-OH is 1. The number of amides is 2. The summed E-state index contributed by atoms with van der Waals surface area (Å²) in [5.74, 6) is 0. The van der Waals surface area contributed by atoms with Gasteiger partial charge in [-0.25, -0.2) is 4.79 Å². The minimum Gasteiger partial charge on any atom is -0.396 e. The van der Waals surface area contributed by atoms with Crippen LogP contribution < -0.4 is 10.6 Å². The van der Waals surface area contributed by atoms with Gasteiger partial charge in [-0.05, 0) is 48.4 Å². The fourth-order valence-corrected chi connectivity index (χ4v) is 2.95. The number of nitrogens with zero attached hydrogens (tertiary/aromatic N) is 2. The third kappa shape index (κ3) is 5.60. The Labute approximate surface area is 149 Å². The number of carbonyl (C=O) groups excluding carboxylic acids is 1. The molecule has 0 atom stereocenters. The van der Waals surface area contributed by atoms with E-state index in [1.807, 2.05) is 41.2 Å². The maximum Gasteiger partial charge on any atom is 0.319 e. The monoisotopic (exact) mass is 344 g/mol. The van der Waals surface area contributed by atoms with Crippen molar-refractivity contribution in [1.82, 2.24) is 15.1 Å². The predicted octanol–water partition coefficient (Wildman–Crippen LogP) is 3.24. The number of hydrogen-bond acceptors (Lipinski definition) is 3. The van der Waals surface area contributed by atoms with E-state index >= 15 is 0 Å². The fraction of sp³-hybridized carbons (Fsp3) is 0.474. The van der Waals surface area contributed by atoms with E-state index in [9.17, 15) is 9.90 Å². The minimum absolute atomic E-state index is 0.0476. The lowest BCUT2D eigenvalue weighted by Crippen LogP contribution is -2.39. The molecule has 2 rings (SSSR count). The highest BCUT2D eigenvalue weighted by Gasteiger charge is 2.26. The molecule has 0 unspecified atom stereocenters. The Balaban J connectivity index is 1.91. The van der Waals surface area contributed by atoms with Crippen molar-refractivity contribution in [1.29, 1.82) is 0 Å². The number of hydrogen-bond donors (Lipinski definition) is 3. The highest BCUT2D eigenvalue weighted by atomic mass is 16.3. The third-order valence-electron chi connectivity index (χ3n) is 4.85. The Hall–Kier alpha value is -2.34. The number of carbonyl (C=O) groups is 1. The number of aliphatic hydroxyl groups is 1. The van der Waals surface area contributed by atoms with Crippen LogP contribution >= 0.6 is 0 Å². The van der Waals surface area contributed by atoms with E-state index in [-0.39, 0.29) is 18.1 Å². The second-order valence-corrected chi connectivity index (χ2v) is 6.39. The summed E-state index contributed by atoms with van der Waals surface area (Å²) in [6.45, 7) is 5.55. The zero-order chi connectivity index (χ0) is 18.1. The normalized spacial score (nSPS) is 11.3. The van der Waals surface area contributed by atoms with Gasteiger partial charge in [-0.3, -0.25) is 4.68 Å². The van der Waals surface area contributed by atoms with Crippen molar-refractivity contribution in [2.24, 2.45) is 5.41 Å². The fourth-order valence-electron chi connectivity index (χ4n) is 2.95. The number of rotatable bonds is 9. The molecule has 0 fully saturated rings. The number of urea groups is 1. The summed E-state index contributed by atoms with van der Waals surface area (Å²) in [5, 5.41) is 19.3. The summed E-state index contributed by atoms with van der Waals surface area (Å²) in [7, 11) is 0. The average Bonchev–Trinajstić information content (AvgIpc) is 3.12. The van der Waals surface area contributed by atoms with Crippen molar-refractivity contribution in [3.63, 3.8) is 0 Å². The number of benzene rings is 1. The van der Waals surface area contributed by atoms with E-state index in [1.54, 1.807) is 6.20 Å². The Morgan fingerprint density at radius 1 is 1.28 bits per heavy atom. The summed E-state index contributed by atoms with van der Waals surface area (Å²) in [4.78, 5) is 12.2. The second-order valence-electron chi connectivity index (χ2n) is 6.39. The van der Waals surface area contributed by atoms with Crippen LogP contribution in [0.2, 0.25) is 0 Å². The van der Waals surface area contributed by atoms with Crippen molar-refractivity contribution in [3.8, 4) is 0 Å². The molecule has 6 nitrogen and oxygen atoms in total. The lowest BCUT2D eigenvalue weighted by Gasteiger charge is -2.31. The molecule has 0 bridgehead atoms. The third-order valence-corrected chi connectivity index (χ3v) is 4.85. The first-order valence-electron chi connectivity index (χ1n) is 8.83. The van der Waals surface area contributed by atoms with Crippen molar-refractivity contribution in [2.45, 2.75) is 39.7 Å². The largest absolute Gasteiger partial charge is 0.396 e. The number of anilines is 1. The van der Waals surface area contributed by atoms with E-state index < -0.39 is 0 Å². The zero-order valence-electron chi connectivity index (χ0n) is 15.0. The number of nitrogens with one attached hydrogen (secondary N) is 2. The summed E-state index contributed by atoms with van der Waals surface area (Å²) >= 11 is 0. The van der Waals surface area contributed by atoms with Gasteiger partial charge < -0.3 is 15.7 Å². The Kier molecular flexibility index (Phi) is 7.01. The van der Waals surface area contributed by atoms with Gasteiger partial charge in [0.2, 0.25) is 0 Å². The van der Waals surface area contributed by atoms with Gasteiger partial charge in [0.15, 0.2) is 0 Å². The van der Waals surface area contributed by atoms with Crippen LogP contribution in [0.1, 0.15) is 38.7 Å². The molecular weight excluding hydrogens is 316 g/mol. The van der Waals surface area contributed by atoms with Crippen LogP contribution in [0.4, 0.5) is 10.5 Å². The maximum atomic E-state index is 12.2. The zero-order valence-corrected chi connectivity index (χ0v) is 15.0. The molecule has 1 heterocycles. The molecule has 0 saturated carbocycles. The van der Waals surface area contributed by atoms with Gasteiger partial charge in [0, 0.05) is 31.2 Å². The van der Waals surface area contributed by atoms with Gasteiger partial charge in [-0.15, -0.1) is 0 Å². The van der Waals surface area contributed by atoms with Crippen molar-refractivity contribution < 1.29 is 9.90 Å². The lowest BCUT2D eigenvalue weighted by molar-refractivity contribution is 0.165. The van der Waals surface area contributed by atoms with E-state index in [2.05, 4.69) is 29.6 Å². The van der Waals surface area contributed by atoms with Crippen LogP contribution in [0, 0.1) is 5.41 Å². The summed E-state index contributed by atoms with van der Waals surface area (Å²) in [6.07, 6.45) is 6.19. The molecule has 0 aliphatic rings. The molecule has 0 saturated heterocycles. The molecule has 2 amide bonds. The smallest absolute Gasteiger partial charge is 0.319 e. The SMILES string of the molecule is CCC(CC)(CCO)CNC(=O)Nc1cccc(Cn2cccn2)c1. The van der Waals surface area contributed by atoms with Gasteiger partial charge in [-0.2, -0.15) is 5.10 Å². The van der Waals surface area contributed by atoms with Crippen molar-refractivity contribution >= 4 is 11.7 Å². The molecule has 0 spiro atoms. The summed E-state index contributed by atoms with van der Waals surface area (Å²) in [5.41, 5.74) is 1.77. The molecule has 1 aromatic carbocycles. The molecule has 25 heavy (non-hydrogen) atoms. The lowest BCUT2D eigenvalue weighted by atomic mass is 9.79. The molecular formula is C19H28N4O2. The minimum atomic E-state index is -0.222. The van der Waals surface area contributed by atoms with Crippen molar-refractivity contribution in [3.05, 3.63) is 48.3 Å². The highest BCUT2D eigenvalue weighted by Crippen LogP contribution is 2.29. The van der Waals surface area contributed by atoms with Crippen LogP contribution in [-0.2, 0) is 6.54 Å². The van der Waals surface area contributed by atoms with Gasteiger partial charge in [-0.1, -0.05) is 26.0 Å². The second kappa shape index (κ2) is 9.22. The van der Waals surface area contributed by atoms with E-state index in [0.29, 0.717) is 19.5 Å². The highest BCUT2D eigenvalue weighted by molar-refractivity contribution is 5.89. The van der Waals surface area contributed by atoms with Crippen LogP contribution in [-0.4, -0.2) is 34.1 Å². The Morgan fingerprint density at radius 2 is 2.08 bits per heavy atom. The first kappa shape index (κ1) is 19.0. The standard InChI is InChI=1S/C19H28N4O2/c1-3-19(4-2,9-12-24)15-20-18(25)22-17-8-5-7-16(13-17)14-23-11-6-10-21-23/h5-8,10-11,13,24H,3-4,9,12,14-15H2,1-2H3,(H2,20,22,25). The quantitative estimate of drug-likeness (QED) is 0.653. The molecule has 0 radical (unpaired) electrons. The topological polar surface area (TPSA) is 79.2 Å². The van der Waals surface area contributed by atoms with Gasteiger partial charge >= 0.3 is 6.03 Å². The Morgan fingerprint density at radius 3 is 2.72 bits per heavy atom. The summed E-state index contributed by atoms with van der Waals surface area (Å²) < 4.78 is 1.84. The molecule has 0 aliphatic carbocycles. The van der Waals surface area contributed by atoms with Crippen LogP contribution in [0.5, 0.6) is 0 Å². The first-order valence-corrected chi connectivity index (χ1v) is 8.83.